The lowest BCUT2D eigenvalue weighted by atomic mass is 9.88. The third-order valence-corrected chi connectivity index (χ3v) is 3.25. The number of carboxylic acid groups (broad SMARTS) is 1. The third-order valence-electron chi connectivity index (χ3n) is 2.57. The molecule has 1 atom stereocenters. The van der Waals surface area contributed by atoms with Gasteiger partial charge in [-0.3, -0.25) is 4.79 Å². The number of amides is 1. The van der Waals surface area contributed by atoms with Crippen molar-refractivity contribution < 1.29 is 14.7 Å². The first-order valence-electron chi connectivity index (χ1n) is 5.85. The maximum absolute atomic E-state index is 11.8. The van der Waals surface area contributed by atoms with Gasteiger partial charge in [-0.1, -0.05) is 20.8 Å². The zero-order valence-corrected chi connectivity index (χ0v) is 11.7. The second-order valence-corrected chi connectivity index (χ2v) is 6.26. The third kappa shape index (κ3) is 4.87. The Balaban J connectivity index is 2.58. The van der Waals surface area contributed by atoms with Crippen molar-refractivity contribution in [3.63, 3.8) is 0 Å². The van der Waals surface area contributed by atoms with Crippen LogP contribution in [0.1, 0.15) is 44.0 Å². The summed E-state index contributed by atoms with van der Waals surface area (Å²) in [7, 11) is 0. The van der Waals surface area contributed by atoms with E-state index in [1.807, 2.05) is 20.8 Å². The number of hydrogen-bond donors (Lipinski definition) is 2. The quantitative estimate of drug-likeness (QED) is 0.863. The molecule has 0 fully saturated rings. The molecular formula is C13H19NO3S. The molecule has 1 unspecified atom stereocenters. The molecule has 0 aromatic carbocycles. The predicted molar refractivity (Wildman–Crippen MR) is 71.9 cm³/mol. The number of carbonyl (C=O) groups excluding carboxylic acids is 1. The van der Waals surface area contributed by atoms with Gasteiger partial charge in [0.2, 0.25) is 0 Å². The molecule has 1 amide bonds. The van der Waals surface area contributed by atoms with Crippen LogP contribution in [0.4, 0.5) is 0 Å². The van der Waals surface area contributed by atoms with E-state index in [0.717, 1.165) is 6.42 Å². The molecule has 2 N–H and O–H groups in total. The molecule has 1 rings (SSSR count). The summed E-state index contributed by atoms with van der Waals surface area (Å²) in [6.07, 6.45) is 1.18. The smallest absolute Gasteiger partial charge is 0.326 e. The van der Waals surface area contributed by atoms with Gasteiger partial charge in [0.1, 0.15) is 6.04 Å². The Morgan fingerprint density at radius 3 is 2.56 bits per heavy atom. The van der Waals surface area contributed by atoms with Crippen molar-refractivity contribution in [3.05, 3.63) is 22.4 Å². The lowest BCUT2D eigenvalue weighted by Crippen LogP contribution is -2.41. The van der Waals surface area contributed by atoms with Gasteiger partial charge >= 0.3 is 5.97 Å². The first kappa shape index (κ1) is 14.7. The molecule has 4 nitrogen and oxygen atoms in total. The summed E-state index contributed by atoms with van der Waals surface area (Å²) in [5.74, 6) is -1.31. The first-order chi connectivity index (χ1) is 8.29. The minimum atomic E-state index is -0.983. The topological polar surface area (TPSA) is 66.4 Å². The molecule has 0 aliphatic heterocycles. The molecule has 0 saturated carbocycles. The first-order valence-corrected chi connectivity index (χ1v) is 6.80. The van der Waals surface area contributed by atoms with Crippen LogP contribution in [0, 0.1) is 5.41 Å². The number of carboxylic acids is 1. The van der Waals surface area contributed by atoms with Crippen molar-refractivity contribution in [2.75, 3.05) is 0 Å². The van der Waals surface area contributed by atoms with E-state index in [-0.39, 0.29) is 11.3 Å². The number of hydrogen-bond acceptors (Lipinski definition) is 3. The summed E-state index contributed by atoms with van der Waals surface area (Å²) in [4.78, 5) is 22.9. The molecule has 100 valence electrons. The minimum absolute atomic E-state index is 0.0564. The SMILES string of the molecule is CC(C)(C)CCC(NC(=O)c1ccsc1)C(=O)O. The monoisotopic (exact) mass is 269 g/mol. The van der Waals surface area contributed by atoms with E-state index in [1.54, 1.807) is 16.8 Å². The molecular weight excluding hydrogens is 250 g/mol. The van der Waals surface area contributed by atoms with Crippen LogP contribution in [0.25, 0.3) is 0 Å². The average Bonchev–Trinajstić information content (AvgIpc) is 2.75. The molecule has 0 bridgehead atoms. The Hall–Kier alpha value is -1.36. The van der Waals surface area contributed by atoms with Crippen molar-refractivity contribution in [1.29, 1.82) is 0 Å². The standard InChI is InChI=1S/C13H19NO3S/c1-13(2,3)6-4-10(12(16)17)14-11(15)9-5-7-18-8-9/h5,7-8,10H,4,6H2,1-3H3,(H,14,15)(H,16,17). The fourth-order valence-electron chi connectivity index (χ4n) is 1.47. The summed E-state index contributed by atoms with van der Waals surface area (Å²) < 4.78 is 0. The van der Waals surface area contributed by atoms with E-state index in [2.05, 4.69) is 5.32 Å². The van der Waals surface area contributed by atoms with E-state index in [9.17, 15) is 9.59 Å². The maximum Gasteiger partial charge on any atom is 0.326 e. The molecule has 0 aliphatic carbocycles. The highest BCUT2D eigenvalue weighted by Gasteiger charge is 2.23. The minimum Gasteiger partial charge on any atom is -0.480 e. The van der Waals surface area contributed by atoms with Crippen LogP contribution in [0.3, 0.4) is 0 Å². The lowest BCUT2D eigenvalue weighted by Gasteiger charge is -2.21. The Labute approximate surface area is 111 Å². The number of aliphatic carboxylic acids is 1. The zero-order valence-electron chi connectivity index (χ0n) is 10.9. The molecule has 1 aromatic heterocycles. The van der Waals surface area contributed by atoms with Gasteiger partial charge in [-0.15, -0.1) is 0 Å². The van der Waals surface area contributed by atoms with Gasteiger partial charge in [0.15, 0.2) is 0 Å². The highest BCUT2D eigenvalue weighted by Crippen LogP contribution is 2.21. The van der Waals surface area contributed by atoms with E-state index >= 15 is 0 Å². The van der Waals surface area contributed by atoms with Crippen LogP contribution >= 0.6 is 11.3 Å². The number of rotatable bonds is 5. The van der Waals surface area contributed by atoms with Crippen molar-refractivity contribution in [2.24, 2.45) is 5.41 Å². The Morgan fingerprint density at radius 1 is 1.44 bits per heavy atom. The van der Waals surface area contributed by atoms with E-state index in [4.69, 9.17) is 5.11 Å². The van der Waals surface area contributed by atoms with Crippen LogP contribution in [-0.4, -0.2) is 23.0 Å². The largest absolute Gasteiger partial charge is 0.480 e. The van der Waals surface area contributed by atoms with E-state index in [1.165, 1.54) is 11.3 Å². The average molecular weight is 269 g/mol. The van der Waals surface area contributed by atoms with Crippen LogP contribution in [0.2, 0.25) is 0 Å². The molecule has 0 radical (unpaired) electrons. The second kappa shape index (κ2) is 6.00. The van der Waals surface area contributed by atoms with Crippen LogP contribution < -0.4 is 5.32 Å². The van der Waals surface area contributed by atoms with Gasteiger partial charge in [0, 0.05) is 5.38 Å². The number of carbonyl (C=O) groups is 2. The number of nitrogens with one attached hydrogen (secondary N) is 1. The fraction of sp³-hybridized carbons (Fsp3) is 0.538. The molecule has 1 heterocycles. The Morgan fingerprint density at radius 2 is 2.11 bits per heavy atom. The predicted octanol–water partition coefficient (Wildman–Crippen LogP) is 2.76. The summed E-state index contributed by atoms with van der Waals surface area (Å²) in [5.41, 5.74) is 0.572. The zero-order chi connectivity index (χ0) is 13.8. The summed E-state index contributed by atoms with van der Waals surface area (Å²) in [5, 5.41) is 15.2. The highest BCUT2D eigenvalue weighted by molar-refractivity contribution is 7.08. The lowest BCUT2D eigenvalue weighted by molar-refractivity contribution is -0.139. The number of thiophene rings is 1. The van der Waals surface area contributed by atoms with Gasteiger partial charge in [-0.25, -0.2) is 4.79 Å². The summed E-state index contributed by atoms with van der Waals surface area (Å²) in [6.45, 7) is 6.14. The molecule has 0 saturated heterocycles. The van der Waals surface area contributed by atoms with Crippen molar-refractivity contribution >= 4 is 23.2 Å². The molecule has 0 spiro atoms. The van der Waals surface area contributed by atoms with Crippen molar-refractivity contribution in [3.8, 4) is 0 Å². The van der Waals surface area contributed by atoms with Gasteiger partial charge in [0.25, 0.3) is 5.91 Å². The Kier molecular flexibility index (Phi) is 4.90. The van der Waals surface area contributed by atoms with Crippen LogP contribution in [0.5, 0.6) is 0 Å². The summed E-state index contributed by atoms with van der Waals surface area (Å²) in [6, 6.07) is 0.861. The molecule has 1 aromatic rings. The molecule has 5 heteroatoms. The van der Waals surface area contributed by atoms with Gasteiger partial charge in [0.05, 0.1) is 5.56 Å². The highest BCUT2D eigenvalue weighted by atomic mass is 32.1. The van der Waals surface area contributed by atoms with Crippen LogP contribution in [0.15, 0.2) is 16.8 Å². The van der Waals surface area contributed by atoms with E-state index < -0.39 is 12.0 Å². The Bertz CT molecular complexity index is 406. The fourth-order valence-corrected chi connectivity index (χ4v) is 2.11. The van der Waals surface area contributed by atoms with Gasteiger partial charge < -0.3 is 10.4 Å². The van der Waals surface area contributed by atoms with Crippen molar-refractivity contribution in [2.45, 2.75) is 39.7 Å². The maximum atomic E-state index is 11.8. The summed E-state index contributed by atoms with van der Waals surface area (Å²) >= 11 is 1.41. The normalized spacial score (nSPS) is 13.1. The van der Waals surface area contributed by atoms with Crippen LogP contribution in [-0.2, 0) is 4.79 Å². The van der Waals surface area contributed by atoms with Crippen molar-refractivity contribution in [1.82, 2.24) is 5.32 Å². The van der Waals surface area contributed by atoms with Gasteiger partial charge in [-0.05, 0) is 29.7 Å². The second-order valence-electron chi connectivity index (χ2n) is 5.48. The van der Waals surface area contributed by atoms with Gasteiger partial charge in [-0.2, -0.15) is 11.3 Å². The van der Waals surface area contributed by atoms with E-state index in [0.29, 0.717) is 12.0 Å². The molecule has 18 heavy (non-hydrogen) atoms. The molecule has 0 aliphatic rings.